The number of carbonyl (C=O) groups is 2. The van der Waals surface area contributed by atoms with E-state index in [4.69, 9.17) is 21.6 Å². The van der Waals surface area contributed by atoms with E-state index in [1.807, 2.05) is 6.07 Å². The number of halogens is 2. The van der Waals surface area contributed by atoms with Gasteiger partial charge in [0.15, 0.2) is 6.10 Å². The molecule has 0 spiro atoms. The van der Waals surface area contributed by atoms with Crippen molar-refractivity contribution in [2.45, 2.75) is 13.0 Å². The number of hydrogen-bond acceptors (Lipinski definition) is 4. The molecule has 0 heterocycles. The van der Waals surface area contributed by atoms with Gasteiger partial charge in [-0.1, -0.05) is 17.7 Å². The second-order valence-electron chi connectivity index (χ2n) is 4.85. The van der Waals surface area contributed by atoms with Gasteiger partial charge in [-0.05, 0) is 43.3 Å². The summed E-state index contributed by atoms with van der Waals surface area (Å²) < 4.78 is 18.0. The highest BCUT2D eigenvalue weighted by Crippen LogP contribution is 2.22. The van der Waals surface area contributed by atoms with Gasteiger partial charge in [-0.3, -0.25) is 4.79 Å². The first-order valence-electron chi connectivity index (χ1n) is 6.88. The molecule has 0 bridgehead atoms. The number of anilines is 1. The first-order chi connectivity index (χ1) is 11.4. The van der Waals surface area contributed by atoms with Crippen LogP contribution in [0.5, 0.6) is 0 Å². The fourth-order valence-corrected chi connectivity index (χ4v) is 2.04. The quantitative estimate of drug-likeness (QED) is 0.859. The Kier molecular flexibility index (Phi) is 5.51. The van der Waals surface area contributed by atoms with Crippen LogP contribution in [-0.2, 0) is 9.53 Å². The molecule has 1 amide bonds. The highest BCUT2D eigenvalue weighted by molar-refractivity contribution is 6.33. The number of benzene rings is 2. The van der Waals surface area contributed by atoms with E-state index in [-0.39, 0.29) is 16.3 Å². The van der Waals surface area contributed by atoms with Crippen LogP contribution < -0.4 is 5.32 Å². The molecule has 0 aliphatic rings. The molecule has 0 saturated carbocycles. The van der Waals surface area contributed by atoms with Crippen molar-refractivity contribution in [3.05, 3.63) is 64.4 Å². The summed E-state index contributed by atoms with van der Waals surface area (Å²) in [5.41, 5.74) is 0.672. The predicted octanol–water partition coefficient (Wildman–Crippen LogP) is 3.53. The number of nitrogens with zero attached hydrogens (tertiary/aromatic N) is 1. The zero-order valence-electron chi connectivity index (χ0n) is 12.5. The van der Waals surface area contributed by atoms with Crippen LogP contribution in [0, 0.1) is 17.1 Å². The number of carbonyl (C=O) groups excluding carboxylic acids is 2. The summed E-state index contributed by atoms with van der Waals surface area (Å²) in [5, 5.41) is 11.3. The van der Waals surface area contributed by atoms with Crippen LogP contribution in [0.15, 0.2) is 42.5 Å². The van der Waals surface area contributed by atoms with Gasteiger partial charge in [-0.25, -0.2) is 9.18 Å². The first kappa shape index (κ1) is 17.4. The third-order valence-electron chi connectivity index (χ3n) is 3.07. The van der Waals surface area contributed by atoms with Gasteiger partial charge in [0.25, 0.3) is 5.91 Å². The zero-order chi connectivity index (χ0) is 17.7. The van der Waals surface area contributed by atoms with Crippen molar-refractivity contribution in [2.75, 3.05) is 5.32 Å². The van der Waals surface area contributed by atoms with Crippen molar-refractivity contribution in [3.8, 4) is 6.07 Å². The topological polar surface area (TPSA) is 79.2 Å². The molecule has 0 fully saturated rings. The Labute approximate surface area is 142 Å². The van der Waals surface area contributed by atoms with Crippen LogP contribution >= 0.6 is 11.6 Å². The highest BCUT2D eigenvalue weighted by atomic mass is 35.5. The Morgan fingerprint density at radius 3 is 2.71 bits per heavy atom. The number of ether oxygens (including phenoxy) is 1. The van der Waals surface area contributed by atoms with Crippen LogP contribution in [-0.4, -0.2) is 18.0 Å². The molecule has 1 atom stereocenters. The minimum absolute atomic E-state index is 0.0311. The molecule has 0 radical (unpaired) electrons. The highest BCUT2D eigenvalue weighted by Gasteiger charge is 2.20. The van der Waals surface area contributed by atoms with Crippen LogP contribution in [0.25, 0.3) is 0 Å². The molecule has 2 aromatic carbocycles. The van der Waals surface area contributed by atoms with Crippen molar-refractivity contribution in [2.24, 2.45) is 0 Å². The van der Waals surface area contributed by atoms with E-state index in [2.05, 4.69) is 5.32 Å². The maximum Gasteiger partial charge on any atom is 0.338 e. The second kappa shape index (κ2) is 7.57. The summed E-state index contributed by atoms with van der Waals surface area (Å²) >= 11 is 5.82. The molecule has 0 saturated heterocycles. The van der Waals surface area contributed by atoms with Crippen molar-refractivity contribution in [3.63, 3.8) is 0 Å². The van der Waals surface area contributed by atoms with Gasteiger partial charge >= 0.3 is 5.97 Å². The number of esters is 1. The maximum atomic E-state index is 13.0. The summed E-state index contributed by atoms with van der Waals surface area (Å²) in [6.45, 7) is 1.39. The fraction of sp³-hybridized carbons (Fsp3) is 0.118. The molecule has 0 unspecified atom stereocenters. The van der Waals surface area contributed by atoms with Crippen LogP contribution in [0.4, 0.5) is 10.1 Å². The molecule has 2 rings (SSSR count). The van der Waals surface area contributed by atoms with Gasteiger partial charge in [-0.2, -0.15) is 5.26 Å². The van der Waals surface area contributed by atoms with E-state index in [0.717, 1.165) is 12.1 Å². The number of amides is 1. The molecule has 0 aliphatic carbocycles. The third-order valence-corrected chi connectivity index (χ3v) is 3.38. The molecule has 0 aliphatic heterocycles. The van der Waals surface area contributed by atoms with Crippen LogP contribution in [0.1, 0.15) is 22.8 Å². The average molecular weight is 347 g/mol. The minimum Gasteiger partial charge on any atom is -0.449 e. The van der Waals surface area contributed by atoms with Crippen molar-refractivity contribution in [1.29, 1.82) is 5.26 Å². The van der Waals surface area contributed by atoms with Gasteiger partial charge in [-0.15, -0.1) is 0 Å². The molecule has 2 aromatic rings. The lowest BCUT2D eigenvalue weighted by Gasteiger charge is -2.14. The van der Waals surface area contributed by atoms with Crippen LogP contribution in [0.2, 0.25) is 5.02 Å². The second-order valence-corrected chi connectivity index (χ2v) is 5.26. The van der Waals surface area contributed by atoms with Crippen molar-refractivity contribution < 1.29 is 18.7 Å². The van der Waals surface area contributed by atoms with Gasteiger partial charge in [0.2, 0.25) is 0 Å². The maximum absolute atomic E-state index is 13.0. The minimum atomic E-state index is -1.11. The van der Waals surface area contributed by atoms with E-state index in [9.17, 15) is 14.0 Å². The molecule has 0 aromatic heterocycles. The van der Waals surface area contributed by atoms with Gasteiger partial charge in [0.05, 0.1) is 27.9 Å². The number of nitriles is 1. The summed E-state index contributed by atoms with van der Waals surface area (Å²) in [7, 11) is 0. The van der Waals surface area contributed by atoms with Gasteiger partial charge in [0, 0.05) is 0 Å². The van der Waals surface area contributed by atoms with Crippen molar-refractivity contribution >= 4 is 29.2 Å². The lowest BCUT2D eigenvalue weighted by atomic mass is 10.1. The van der Waals surface area contributed by atoms with E-state index >= 15 is 0 Å². The number of hydrogen-bond donors (Lipinski definition) is 1. The number of rotatable bonds is 4. The molecule has 122 valence electrons. The van der Waals surface area contributed by atoms with E-state index in [1.165, 1.54) is 31.2 Å². The molecule has 1 N–H and O–H groups in total. The summed E-state index contributed by atoms with van der Waals surface area (Å²) in [5.74, 6) is -1.89. The van der Waals surface area contributed by atoms with Crippen LogP contribution in [0.3, 0.4) is 0 Å². The standard InChI is InChI=1S/C17H12ClFN2O3/c1-10(16(22)21-15-6-5-13(19)8-14(15)18)24-17(23)12-4-2-3-11(7-12)9-20/h2-8,10H,1H3,(H,21,22)/t10-/m0/s1. The summed E-state index contributed by atoms with van der Waals surface area (Å²) in [6, 6.07) is 11.3. The lowest BCUT2D eigenvalue weighted by Crippen LogP contribution is -2.30. The third kappa shape index (κ3) is 4.31. The van der Waals surface area contributed by atoms with Gasteiger partial charge < -0.3 is 10.1 Å². The molecule has 5 nitrogen and oxygen atoms in total. The van der Waals surface area contributed by atoms with E-state index in [1.54, 1.807) is 6.07 Å². The Balaban J connectivity index is 2.03. The Hall–Kier alpha value is -2.91. The van der Waals surface area contributed by atoms with E-state index in [0.29, 0.717) is 5.56 Å². The molecular formula is C17H12ClFN2O3. The molecular weight excluding hydrogens is 335 g/mol. The predicted molar refractivity (Wildman–Crippen MR) is 86.1 cm³/mol. The Morgan fingerprint density at radius 1 is 1.29 bits per heavy atom. The Bertz CT molecular complexity index is 833. The number of nitrogens with one attached hydrogen (secondary N) is 1. The average Bonchev–Trinajstić information content (AvgIpc) is 2.57. The lowest BCUT2D eigenvalue weighted by molar-refractivity contribution is -0.123. The fourth-order valence-electron chi connectivity index (χ4n) is 1.82. The molecule has 24 heavy (non-hydrogen) atoms. The molecule has 7 heteroatoms. The normalized spacial score (nSPS) is 11.2. The van der Waals surface area contributed by atoms with E-state index < -0.39 is 23.8 Å². The smallest absolute Gasteiger partial charge is 0.338 e. The SMILES string of the molecule is C[C@H](OC(=O)c1cccc(C#N)c1)C(=O)Nc1ccc(F)cc1Cl. The summed E-state index contributed by atoms with van der Waals surface area (Å²) in [6.07, 6.45) is -1.11. The Morgan fingerprint density at radius 2 is 2.04 bits per heavy atom. The zero-order valence-corrected chi connectivity index (χ0v) is 13.3. The van der Waals surface area contributed by atoms with Gasteiger partial charge in [0.1, 0.15) is 5.82 Å². The summed E-state index contributed by atoms with van der Waals surface area (Å²) in [4.78, 5) is 24.1. The monoisotopic (exact) mass is 346 g/mol. The largest absolute Gasteiger partial charge is 0.449 e. The first-order valence-corrected chi connectivity index (χ1v) is 7.25. The van der Waals surface area contributed by atoms with Crippen molar-refractivity contribution in [1.82, 2.24) is 0 Å².